The number of allylic oxidation sites excluding steroid dienone is 2. The van der Waals surface area contributed by atoms with Crippen LogP contribution in [0.2, 0.25) is 0 Å². The van der Waals surface area contributed by atoms with Crippen LogP contribution in [0, 0.1) is 17.8 Å². The minimum atomic E-state index is -1.05. The van der Waals surface area contributed by atoms with Gasteiger partial charge in [-0.15, -0.1) is 0 Å². The molecule has 0 amide bonds. The summed E-state index contributed by atoms with van der Waals surface area (Å²) in [6.07, 6.45) is 5.54. The van der Waals surface area contributed by atoms with Crippen LogP contribution in [-0.2, 0) is 9.59 Å². The van der Waals surface area contributed by atoms with E-state index in [9.17, 15) is 9.59 Å². The van der Waals surface area contributed by atoms with Crippen molar-refractivity contribution in [2.24, 2.45) is 17.8 Å². The molecule has 0 spiro atoms. The van der Waals surface area contributed by atoms with E-state index in [0.29, 0.717) is 12.3 Å². The van der Waals surface area contributed by atoms with Crippen LogP contribution >= 0.6 is 0 Å². The van der Waals surface area contributed by atoms with Crippen LogP contribution < -0.4 is 0 Å². The normalized spacial score (nSPS) is 16.5. The van der Waals surface area contributed by atoms with E-state index in [1.165, 1.54) is 18.4 Å². The maximum atomic E-state index is 11.0. The predicted molar refractivity (Wildman–Crippen MR) is 79.6 cm³/mol. The van der Waals surface area contributed by atoms with E-state index < -0.39 is 17.9 Å². The highest BCUT2D eigenvalue weighted by molar-refractivity contribution is 5.77. The summed E-state index contributed by atoms with van der Waals surface area (Å²) in [5, 5.41) is 17.8. The lowest BCUT2D eigenvalue weighted by atomic mass is 9.90. The van der Waals surface area contributed by atoms with Crippen molar-refractivity contribution in [1.29, 1.82) is 0 Å². The molecule has 0 aromatic rings. The molecule has 0 aromatic heterocycles. The summed E-state index contributed by atoms with van der Waals surface area (Å²) in [7, 11) is 0. The minimum absolute atomic E-state index is 0.0873. The largest absolute Gasteiger partial charge is 0.481 e. The topological polar surface area (TPSA) is 74.6 Å². The number of carbonyl (C=O) groups is 2. The van der Waals surface area contributed by atoms with Gasteiger partial charge in [0.2, 0.25) is 0 Å². The van der Waals surface area contributed by atoms with Gasteiger partial charge < -0.3 is 10.2 Å². The van der Waals surface area contributed by atoms with Gasteiger partial charge in [0.05, 0.1) is 12.3 Å². The zero-order valence-electron chi connectivity index (χ0n) is 13.1. The molecule has 0 rings (SSSR count). The molecular weight excluding hydrogens is 256 g/mol. The fourth-order valence-electron chi connectivity index (χ4n) is 2.70. The SMILES string of the molecule is CCCC(C)CC(C)=CC(C)CC(CC(=O)O)C(=O)O. The van der Waals surface area contributed by atoms with Crippen molar-refractivity contribution in [3.05, 3.63) is 11.6 Å². The molecule has 4 nitrogen and oxygen atoms in total. The van der Waals surface area contributed by atoms with Gasteiger partial charge in [-0.3, -0.25) is 9.59 Å². The first kappa shape index (κ1) is 18.7. The van der Waals surface area contributed by atoms with E-state index in [1.807, 2.05) is 6.92 Å². The van der Waals surface area contributed by atoms with Crippen LogP contribution in [0.4, 0.5) is 0 Å². The Morgan fingerprint density at radius 1 is 1.15 bits per heavy atom. The molecule has 0 bridgehead atoms. The molecule has 0 saturated carbocycles. The summed E-state index contributed by atoms with van der Waals surface area (Å²) >= 11 is 0. The first-order valence-electron chi connectivity index (χ1n) is 7.38. The Balaban J connectivity index is 4.45. The highest BCUT2D eigenvalue weighted by Crippen LogP contribution is 2.22. The number of rotatable bonds is 10. The van der Waals surface area contributed by atoms with Gasteiger partial charge in [0.1, 0.15) is 0 Å². The number of carboxylic acids is 2. The number of hydrogen-bond donors (Lipinski definition) is 2. The molecule has 0 radical (unpaired) electrons. The van der Waals surface area contributed by atoms with Gasteiger partial charge in [0.15, 0.2) is 0 Å². The number of carboxylic acid groups (broad SMARTS) is 2. The van der Waals surface area contributed by atoms with E-state index in [-0.39, 0.29) is 12.3 Å². The predicted octanol–water partition coefficient (Wildman–Crippen LogP) is 3.96. The number of aliphatic carboxylic acids is 2. The Bertz CT molecular complexity index is 346. The number of hydrogen-bond acceptors (Lipinski definition) is 2. The van der Waals surface area contributed by atoms with Gasteiger partial charge >= 0.3 is 11.9 Å². The molecule has 0 fully saturated rings. The van der Waals surface area contributed by atoms with E-state index in [4.69, 9.17) is 10.2 Å². The average molecular weight is 284 g/mol. The van der Waals surface area contributed by atoms with E-state index in [1.54, 1.807) is 0 Å². The quantitative estimate of drug-likeness (QED) is 0.595. The second kappa shape index (κ2) is 9.56. The standard InChI is InChI=1S/C16H28O4/c1-5-6-11(2)7-12(3)8-13(4)9-14(16(19)20)10-15(17)18/h8,11,13-14H,5-7,9-10H2,1-4H3,(H,17,18)(H,19,20). The Morgan fingerprint density at radius 2 is 1.75 bits per heavy atom. The van der Waals surface area contributed by atoms with Crippen LogP contribution in [-0.4, -0.2) is 22.2 Å². The fourth-order valence-corrected chi connectivity index (χ4v) is 2.70. The molecule has 0 aliphatic rings. The minimum Gasteiger partial charge on any atom is -0.481 e. The second-order valence-corrected chi connectivity index (χ2v) is 5.96. The molecular formula is C16H28O4. The van der Waals surface area contributed by atoms with E-state index in [0.717, 1.165) is 6.42 Å². The van der Waals surface area contributed by atoms with Crippen molar-refractivity contribution in [3.8, 4) is 0 Å². The summed E-state index contributed by atoms with van der Waals surface area (Å²) in [5.74, 6) is -2.16. The Hall–Kier alpha value is -1.32. The lowest BCUT2D eigenvalue weighted by molar-refractivity contribution is -0.148. The van der Waals surface area contributed by atoms with Crippen LogP contribution in [0.15, 0.2) is 11.6 Å². The third-order valence-electron chi connectivity index (χ3n) is 3.45. The summed E-state index contributed by atoms with van der Waals surface area (Å²) in [4.78, 5) is 21.7. The van der Waals surface area contributed by atoms with Gasteiger partial charge in [-0.1, -0.05) is 45.3 Å². The monoisotopic (exact) mass is 284 g/mol. The molecule has 20 heavy (non-hydrogen) atoms. The van der Waals surface area contributed by atoms with Crippen molar-refractivity contribution in [2.45, 2.75) is 59.8 Å². The first-order chi connectivity index (χ1) is 9.26. The highest BCUT2D eigenvalue weighted by Gasteiger charge is 2.22. The van der Waals surface area contributed by atoms with Crippen LogP contribution in [0.5, 0.6) is 0 Å². The zero-order chi connectivity index (χ0) is 15.7. The Labute approximate surface area is 121 Å². The first-order valence-corrected chi connectivity index (χ1v) is 7.38. The van der Waals surface area contributed by atoms with Gasteiger partial charge in [0.25, 0.3) is 0 Å². The molecule has 3 atom stereocenters. The maximum Gasteiger partial charge on any atom is 0.307 e. The highest BCUT2D eigenvalue weighted by atomic mass is 16.4. The summed E-state index contributed by atoms with van der Waals surface area (Å²) in [5.41, 5.74) is 1.26. The van der Waals surface area contributed by atoms with Crippen LogP contribution in [0.3, 0.4) is 0 Å². The maximum absolute atomic E-state index is 11.0. The van der Waals surface area contributed by atoms with Crippen molar-refractivity contribution < 1.29 is 19.8 Å². The molecule has 116 valence electrons. The lowest BCUT2D eigenvalue weighted by Gasteiger charge is -2.16. The van der Waals surface area contributed by atoms with Crippen molar-refractivity contribution in [1.82, 2.24) is 0 Å². The third-order valence-corrected chi connectivity index (χ3v) is 3.45. The Morgan fingerprint density at radius 3 is 2.20 bits per heavy atom. The van der Waals surface area contributed by atoms with Gasteiger partial charge in [-0.2, -0.15) is 0 Å². The summed E-state index contributed by atoms with van der Waals surface area (Å²) < 4.78 is 0. The van der Waals surface area contributed by atoms with E-state index >= 15 is 0 Å². The van der Waals surface area contributed by atoms with Crippen molar-refractivity contribution >= 4 is 11.9 Å². The van der Waals surface area contributed by atoms with E-state index in [2.05, 4.69) is 26.8 Å². The van der Waals surface area contributed by atoms with Gasteiger partial charge in [0, 0.05) is 0 Å². The van der Waals surface area contributed by atoms with Gasteiger partial charge in [-0.25, -0.2) is 0 Å². The molecule has 0 aliphatic heterocycles. The molecule has 0 heterocycles. The molecule has 2 N–H and O–H groups in total. The molecule has 0 aliphatic carbocycles. The van der Waals surface area contributed by atoms with Crippen molar-refractivity contribution in [2.75, 3.05) is 0 Å². The van der Waals surface area contributed by atoms with Gasteiger partial charge in [-0.05, 0) is 31.6 Å². The summed E-state index contributed by atoms with van der Waals surface area (Å²) in [6.45, 7) is 8.40. The smallest absolute Gasteiger partial charge is 0.307 e. The molecule has 4 heteroatoms. The summed E-state index contributed by atoms with van der Waals surface area (Å²) in [6, 6.07) is 0. The second-order valence-electron chi connectivity index (χ2n) is 5.96. The van der Waals surface area contributed by atoms with Crippen LogP contribution in [0.25, 0.3) is 0 Å². The Kier molecular flexibility index (Phi) is 8.93. The molecule has 0 saturated heterocycles. The van der Waals surface area contributed by atoms with Crippen molar-refractivity contribution in [3.63, 3.8) is 0 Å². The molecule has 3 unspecified atom stereocenters. The average Bonchev–Trinajstić information content (AvgIpc) is 2.26. The zero-order valence-corrected chi connectivity index (χ0v) is 13.1. The lowest BCUT2D eigenvalue weighted by Crippen LogP contribution is -2.20. The fraction of sp³-hybridized carbons (Fsp3) is 0.750. The third kappa shape index (κ3) is 8.73. The molecule has 0 aromatic carbocycles. The van der Waals surface area contributed by atoms with Crippen LogP contribution in [0.1, 0.15) is 59.8 Å².